The number of hydrogen-bond acceptors (Lipinski definition) is 4. The number of nitrogens with zero attached hydrogens (tertiary/aromatic N) is 2. The Morgan fingerprint density at radius 3 is 2.54 bits per heavy atom. The van der Waals surface area contributed by atoms with Gasteiger partial charge in [-0.15, -0.1) is 0 Å². The van der Waals surface area contributed by atoms with Gasteiger partial charge in [0, 0.05) is 35.4 Å². The Kier molecular flexibility index (Phi) is 5.44. The number of halogens is 1. The predicted octanol–water partition coefficient (Wildman–Crippen LogP) is 4.56. The molecule has 1 aliphatic carbocycles. The van der Waals surface area contributed by atoms with Gasteiger partial charge >= 0.3 is 0 Å². The highest BCUT2D eigenvalue weighted by atomic mass is 35.5. The molecule has 1 aliphatic rings. The predicted molar refractivity (Wildman–Crippen MR) is 108 cm³/mol. The zero-order chi connectivity index (χ0) is 19.4. The number of nitrogens with one attached hydrogen (secondary N) is 1. The number of amides is 1. The number of aromatic nitrogens is 2. The summed E-state index contributed by atoms with van der Waals surface area (Å²) in [5.41, 5.74) is 2.23. The fourth-order valence-corrected chi connectivity index (χ4v) is 3.74. The van der Waals surface area contributed by atoms with Crippen molar-refractivity contribution >= 4 is 17.5 Å². The van der Waals surface area contributed by atoms with Crippen LogP contribution in [0.25, 0.3) is 11.4 Å². The molecule has 28 heavy (non-hydrogen) atoms. The van der Waals surface area contributed by atoms with Crippen LogP contribution in [0, 0.1) is 0 Å². The van der Waals surface area contributed by atoms with Gasteiger partial charge in [-0.3, -0.25) is 4.79 Å². The van der Waals surface area contributed by atoms with Crippen LogP contribution in [-0.2, 0) is 16.6 Å². The molecule has 3 aromatic rings. The third-order valence-electron chi connectivity index (χ3n) is 5.46. The van der Waals surface area contributed by atoms with Crippen molar-refractivity contribution in [3.63, 3.8) is 0 Å². The van der Waals surface area contributed by atoms with Crippen molar-refractivity contribution in [2.45, 2.75) is 37.5 Å². The standard InChI is InChI=1S/C22H22ClN3O2/c23-18-9-7-16(8-10-18)21-25-20(28-26-21)12-11-19(27)24-15-22(13-4-14-22)17-5-2-1-3-6-17/h1-3,5-10H,4,11-15H2,(H,24,27). The maximum Gasteiger partial charge on any atom is 0.227 e. The van der Waals surface area contributed by atoms with Crippen molar-refractivity contribution < 1.29 is 9.32 Å². The van der Waals surface area contributed by atoms with Crippen LogP contribution in [0.5, 0.6) is 0 Å². The Labute approximate surface area is 169 Å². The second-order valence-corrected chi connectivity index (χ2v) is 7.73. The van der Waals surface area contributed by atoms with Crippen LogP contribution >= 0.6 is 11.6 Å². The van der Waals surface area contributed by atoms with E-state index >= 15 is 0 Å². The topological polar surface area (TPSA) is 68.0 Å². The van der Waals surface area contributed by atoms with Crippen LogP contribution in [0.2, 0.25) is 5.02 Å². The van der Waals surface area contributed by atoms with Gasteiger partial charge in [0.1, 0.15) is 0 Å². The van der Waals surface area contributed by atoms with Crippen molar-refractivity contribution in [1.82, 2.24) is 15.5 Å². The molecule has 5 nitrogen and oxygen atoms in total. The van der Waals surface area contributed by atoms with Crippen LogP contribution < -0.4 is 5.32 Å². The lowest BCUT2D eigenvalue weighted by atomic mass is 9.64. The maximum atomic E-state index is 12.3. The Hall–Kier alpha value is -2.66. The first kappa shape index (κ1) is 18.7. The summed E-state index contributed by atoms with van der Waals surface area (Å²) in [4.78, 5) is 16.7. The van der Waals surface area contributed by atoms with E-state index in [9.17, 15) is 4.79 Å². The largest absolute Gasteiger partial charge is 0.355 e. The normalized spacial score (nSPS) is 15.0. The Morgan fingerprint density at radius 2 is 1.86 bits per heavy atom. The lowest BCUT2D eigenvalue weighted by molar-refractivity contribution is -0.121. The van der Waals surface area contributed by atoms with Crippen molar-refractivity contribution in [3.8, 4) is 11.4 Å². The molecule has 144 valence electrons. The summed E-state index contributed by atoms with van der Waals surface area (Å²) in [6.07, 6.45) is 4.19. The van der Waals surface area contributed by atoms with Crippen LogP contribution in [0.4, 0.5) is 0 Å². The molecule has 0 atom stereocenters. The molecule has 2 aromatic carbocycles. The summed E-state index contributed by atoms with van der Waals surface area (Å²) in [6.45, 7) is 0.676. The number of hydrogen-bond donors (Lipinski definition) is 1. The number of benzene rings is 2. The van der Waals surface area contributed by atoms with Gasteiger partial charge in [0.2, 0.25) is 17.6 Å². The van der Waals surface area contributed by atoms with Crippen LogP contribution in [0.3, 0.4) is 0 Å². The minimum Gasteiger partial charge on any atom is -0.355 e. The molecule has 0 aliphatic heterocycles. The van der Waals surface area contributed by atoms with Crippen molar-refractivity contribution in [3.05, 3.63) is 71.1 Å². The smallest absolute Gasteiger partial charge is 0.227 e. The number of aryl methyl sites for hydroxylation is 1. The molecule has 0 saturated heterocycles. The van der Waals surface area contributed by atoms with Gasteiger partial charge in [0.25, 0.3) is 0 Å². The number of rotatable bonds is 7. The first-order valence-electron chi connectivity index (χ1n) is 9.55. The minimum atomic E-state index is 0.00782. The highest BCUT2D eigenvalue weighted by Crippen LogP contribution is 2.43. The summed E-state index contributed by atoms with van der Waals surface area (Å²) in [5, 5.41) is 7.73. The van der Waals surface area contributed by atoms with Gasteiger partial charge < -0.3 is 9.84 Å². The van der Waals surface area contributed by atoms with E-state index in [0.29, 0.717) is 36.1 Å². The maximum absolute atomic E-state index is 12.3. The number of carbonyl (C=O) groups is 1. The monoisotopic (exact) mass is 395 g/mol. The van der Waals surface area contributed by atoms with Gasteiger partial charge in [-0.05, 0) is 42.7 Å². The quantitative estimate of drug-likeness (QED) is 0.636. The molecule has 4 rings (SSSR count). The lowest BCUT2D eigenvalue weighted by Crippen LogP contribution is -2.45. The fraction of sp³-hybridized carbons (Fsp3) is 0.318. The third-order valence-corrected chi connectivity index (χ3v) is 5.71. The highest BCUT2D eigenvalue weighted by Gasteiger charge is 2.38. The second-order valence-electron chi connectivity index (χ2n) is 7.30. The van der Waals surface area contributed by atoms with Gasteiger partial charge in [-0.2, -0.15) is 4.98 Å². The molecule has 1 amide bonds. The van der Waals surface area contributed by atoms with Crippen molar-refractivity contribution in [2.75, 3.05) is 6.54 Å². The molecule has 0 radical (unpaired) electrons. The van der Waals surface area contributed by atoms with E-state index in [1.165, 1.54) is 12.0 Å². The van der Waals surface area contributed by atoms with Gasteiger partial charge in [0.05, 0.1) is 0 Å². The van der Waals surface area contributed by atoms with Gasteiger partial charge in [-0.25, -0.2) is 0 Å². The second kappa shape index (κ2) is 8.15. The van der Waals surface area contributed by atoms with E-state index in [-0.39, 0.29) is 11.3 Å². The van der Waals surface area contributed by atoms with E-state index < -0.39 is 0 Å². The molecule has 0 bridgehead atoms. The van der Waals surface area contributed by atoms with Gasteiger partial charge in [-0.1, -0.05) is 53.5 Å². The molecule has 1 fully saturated rings. The summed E-state index contributed by atoms with van der Waals surface area (Å²) >= 11 is 5.90. The molecular formula is C22H22ClN3O2. The summed E-state index contributed by atoms with van der Waals surface area (Å²) in [5.74, 6) is 0.972. The average molecular weight is 396 g/mol. The fourth-order valence-electron chi connectivity index (χ4n) is 3.61. The molecular weight excluding hydrogens is 374 g/mol. The molecule has 0 unspecified atom stereocenters. The molecule has 1 heterocycles. The van der Waals surface area contributed by atoms with Crippen LogP contribution in [0.1, 0.15) is 37.1 Å². The zero-order valence-electron chi connectivity index (χ0n) is 15.5. The summed E-state index contributed by atoms with van der Waals surface area (Å²) < 4.78 is 5.27. The minimum absolute atomic E-state index is 0.00782. The molecule has 1 aromatic heterocycles. The molecule has 1 saturated carbocycles. The van der Waals surface area contributed by atoms with E-state index in [2.05, 4.69) is 39.7 Å². The van der Waals surface area contributed by atoms with Crippen molar-refractivity contribution in [2.24, 2.45) is 0 Å². The zero-order valence-corrected chi connectivity index (χ0v) is 16.3. The van der Waals surface area contributed by atoms with Crippen LogP contribution in [-0.4, -0.2) is 22.6 Å². The Balaban J connectivity index is 1.30. The molecule has 0 spiro atoms. The van der Waals surface area contributed by atoms with E-state index in [1.807, 2.05) is 18.2 Å². The SMILES string of the molecule is O=C(CCc1nc(-c2ccc(Cl)cc2)no1)NCC1(c2ccccc2)CCC1. The first-order valence-corrected chi connectivity index (χ1v) is 9.93. The molecule has 1 N–H and O–H groups in total. The average Bonchev–Trinajstić information content (AvgIpc) is 3.16. The Morgan fingerprint density at radius 1 is 1.11 bits per heavy atom. The molecule has 6 heteroatoms. The third kappa shape index (κ3) is 4.09. The van der Waals surface area contributed by atoms with Gasteiger partial charge in [0.15, 0.2) is 0 Å². The number of carbonyl (C=O) groups excluding carboxylic acids is 1. The highest BCUT2D eigenvalue weighted by molar-refractivity contribution is 6.30. The Bertz CT molecular complexity index is 934. The van der Waals surface area contributed by atoms with E-state index in [4.69, 9.17) is 16.1 Å². The lowest BCUT2D eigenvalue weighted by Gasteiger charge is -2.42. The van der Waals surface area contributed by atoms with Crippen LogP contribution in [0.15, 0.2) is 59.1 Å². The summed E-state index contributed by atoms with van der Waals surface area (Å²) in [6, 6.07) is 17.7. The van der Waals surface area contributed by atoms with Crippen molar-refractivity contribution in [1.29, 1.82) is 0 Å². The van der Waals surface area contributed by atoms with E-state index in [0.717, 1.165) is 18.4 Å². The summed E-state index contributed by atoms with van der Waals surface area (Å²) in [7, 11) is 0. The van der Waals surface area contributed by atoms with E-state index in [1.54, 1.807) is 12.1 Å². The first-order chi connectivity index (χ1) is 13.6.